The van der Waals surface area contributed by atoms with Crippen LogP contribution in [0.1, 0.15) is 20.3 Å². The average molecular weight is 415 g/mol. The number of hydrogen-bond donors (Lipinski definition) is 1. The molecule has 0 spiro atoms. The van der Waals surface area contributed by atoms with Crippen molar-refractivity contribution in [3.05, 3.63) is 54.1 Å². The molecule has 2 aromatic carbocycles. The summed E-state index contributed by atoms with van der Waals surface area (Å²) < 4.78 is 27.3. The van der Waals surface area contributed by atoms with Crippen LogP contribution in [0.2, 0.25) is 0 Å². The summed E-state index contributed by atoms with van der Waals surface area (Å²) in [7, 11) is 0. The number of halogens is 2. The first-order chi connectivity index (χ1) is 14.4. The van der Waals surface area contributed by atoms with E-state index in [9.17, 15) is 13.6 Å². The van der Waals surface area contributed by atoms with Crippen LogP contribution >= 0.6 is 0 Å². The van der Waals surface area contributed by atoms with Crippen molar-refractivity contribution in [2.45, 2.75) is 26.3 Å². The van der Waals surface area contributed by atoms with Crippen molar-refractivity contribution in [1.82, 2.24) is 10.2 Å². The average Bonchev–Trinajstić information content (AvgIpc) is 3.21. The summed E-state index contributed by atoms with van der Waals surface area (Å²) in [5.74, 6) is -0.244. The number of urea groups is 1. The highest BCUT2D eigenvalue weighted by atomic mass is 19.1. The van der Waals surface area contributed by atoms with Gasteiger partial charge in [0.2, 0.25) is 0 Å². The summed E-state index contributed by atoms with van der Waals surface area (Å²) >= 11 is 0. The van der Waals surface area contributed by atoms with Crippen LogP contribution in [0, 0.1) is 17.6 Å². The molecule has 1 saturated heterocycles. The van der Waals surface area contributed by atoms with Gasteiger partial charge in [0, 0.05) is 37.9 Å². The lowest BCUT2D eigenvalue weighted by Crippen LogP contribution is -2.48. The van der Waals surface area contributed by atoms with Crippen LogP contribution in [0.4, 0.5) is 30.6 Å². The highest BCUT2D eigenvalue weighted by Crippen LogP contribution is 2.38. The summed E-state index contributed by atoms with van der Waals surface area (Å²) in [4.78, 5) is 19.0. The highest BCUT2D eigenvalue weighted by molar-refractivity contribution is 5.97. The molecular formula is C23H28F2N4O. The number of likely N-dealkylation sites (tertiary alicyclic amines) is 1. The second-order valence-electron chi connectivity index (χ2n) is 8.34. The van der Waals surface area contributed by atoms with E-state index >= 15 is 0 Å². The van der Waals surface area contributed by atoms with E-state index in [0.717, 1.165) is 25.2 Å². The summed E-state index contributed by atoms with van der Waals surface area (Å²) in [6.45, 7) is 8.05. The van der Waals surface area contributed by atoms with Gasteiger partial charge in [0.15, 0.2) is 0 Å². The Morgan fingerprint density at radius 1 is 1.03 bits per heavy atom. The van der Waals surface area contributed by atoms with E-state index in [1.54, 1.807) is 23.1 Å². The van der Waals surface area contributed by atoms with Crippen molar-refractivity contribution in [2.24, 2.45) is 5.92 Å². The van der Waals surface area contributed by atoms with Crippen LogP contribution in [0.25, 0.3) is 0 Å². The molecular weight excluding hydrogens is 386 g/mol. The summed E-state index contributed by atoms with van der Waals surface area (Å²) in [6, 6.07) is 10.9. The molecule has 2 aromatic rings. The maximum atomic E-state index is 14.0. The van der Waals surface area contributed by atoms with Gasteiger partial charge in [-0.15, -0.1) is 0 Å². The summed E-state index contributed by atoms with van der Waals surface area (Å²) in [5, 5.41) is 3.07. The van der Waals surface area contributed by atoms with Crippen molar-refractivity contribution < 1.29 is 13.6 Å². The van der Waals surface area contributed by atoms with Crippen molar-refractivity contribution in [3.8, 4) is 0 Å². The van der Waals surface area contributed by atoms with Gasteiger partial charge >= 0.3 is 6.03 Å². The molecule has 30 heavy (non-hydrogen) atoms. The quantitative estimate of drug-likeness (QED) is 0.808. The minimum absolute atomic E-state index is 0.162. The maximum absolute atomic E-state index is 14.0. The molecule has 2 aliphatic rings. The normalized spacial score (nSPS) is 19.3. The van der Waals surface area contributed by atoms with Gasteiger partial charge in [-0.1, -0.05) is 0 Å². The van der Waals surface area contributed by atoms with Gasteiger partial charge in [-0.3, -0.25) is 4.90 Å². The molecule has 7 heteroatoms. The molecule has 2 heterocycles. The number of carbonyl (C=O) groups excluding carboxylic acids is 1. The molecule has 2 aliphatic heterocycles. The second-order valence-corrected chi connectivity index (χ2v) is 8.34. The van der Waals surface area contributed by atoms with Gasteiger partial charge in [0.1, 0.15) is 11.6 Å². The predicted octanol–water partition coefficient (Wildman–Crippen LogP) is 4.36. The Labute approximate surface area is 176 Å². The van der Waals surface area contributed by atoms with Crippen LogP contribution in [0.15, 0.2) is 42.5 Å². The second kappa shape index (κ2) is 8.60. The molecule has 1 atom stereocenters. The molecule has 5 nitrogen and oxygen atoms in total. The van der Waals surface area contributed by atoms with Crippen molar-refractivity contribution in [2.75, 3.05) is 42.5 Å². The van der Waals surface area contributed by atoms with E-state index in [0.29, 0.717) is 43.0 Å². The number of carbonyl (C=O) groups is 1. The maximum Gasteiger partial charge on any atom is 0.322 e. The summed E-state index contributed by atoms with van der Waals surface area (Å²) in [5.41, 5.74) is 2.03. The smallest absolute Gasteiger partial charge is 0.322 e. The van der Waals surface area contributed by atoms with Crippen molar-refractivity contribution in [3.63, 3.8) is 0 Å². The standard InChI is InChI=1S/C23H28F2N4O/c1-16(2)27-10-9-17(15-27)14-26-23(30)29-12-11-28(20-6-3-18(24)4-7-20)22-13-19(25)5-8-21(22)29/h3-8,13,16-17H,9-12,14-15H2,1-2H3,(H,26,30)/t17-/m1/s1. The topological polar surface area (TPSA) is 38.8 Å². The van der Waals surface area contributed by atoms with Gasteiger partial charge in [-0.2, -0.15) is 0 Å². The van der Waals surface area contributed by atoms with E-state index in [2.05, 4.69) is 24.1 Å². The number of anilines is 3. The third-order valence-corrected chi connectivity index (χ3v) is 6.04. The van der Waals surface area contributed by atoms with Gasteiger partial charge in [0.25, 0.3) is 0 Å². The number of nitrogens with zero attached hydrogens (tertiary/aromatic N) is 3. The van der Waals surface area contributed by atoms with Crippen LogP contribution in [-0.4, -0.2) is 49.7 Å². The van der Waals surface area contributed by atoms with E-state index in [4.69, 9.17) is 0 Å². The first kappa shape index (κ1) is 20.6. The lowest BCUT2D eigenvalue weighted by Gasteiger charge is -2.38. The number of nitrogens with one attached hydrogen (secondary N) is 1. The minimum atomic E-state index is -0.372. The zero-order valence-corrected chi connectivity index (χ0v) is 17.4. The lowest BCUT2D eigenvalue weighted by molar-refractivity contribution is 0.242. The fraction of sp³-hybridized carbons (Fsp3) is 0.435. The molecule has 0 aromatic heterocycles. The van der Waals surface area contributed by atoms with Crippen LogP contribution in [0.5, 0.6) is 0 Å². The number of fused-ring (bicyclic) bond motifs is 1. The number of hydrogen-bond acceptors (Lipinski definition) is 3. The molecule has 160 valence electrons. The molecule has 2 amide bonds. The molecule has 1 fully saturated rings. The number of amides is 2. The third kappa shape index (κ3) is 4.26. The van der Waals surface area contributed by atoms with Gasteiger partial charge in [-0.05, 0) is 75.2 Å². The number of rotatable bonds is 4. The van der Waals surface area contributed by atoms with Crippen molar-refractivity contribution in [1.29, 1.82) is 0 Å². The SMILES string of the molecule is CC(C)N1CC[C@H](CNC(=O)N2CCN(c3ccc(F)cc3)c3cc(F)ccc32)C1. The first-order valence-corrected chi connectivity index (χ1v) is 10.5. The Morgan fingerprint density at radius 2 is 1.77 bits per heavy atom. The van der Waals surface area contributed by atoms with E-state index < -0.39 is 0 Å². The molecule has 0 bridgehead atoms. The van der Waals surface area contributed by atoms with E-state index in [1.807, 2.05) is 4.90 Å². The fourth-order valence-corrected chi connectivity index (χ4v) is 4.31. The molecule has 4 rings (SSSR count). The minimum Gasteiger partial charge on any atom is -0.338 e. The van der Waals surface area contributed by atoms with Crippen LogP contribution in [-0.2, 0) is 0 Å². The Kier molecular flexibility index (Phi) is 5.90. The van der Waals surface area contributed by atoms with Crippen molar-refractivity contribution >= 4 is 23.1 Å². The van der Waals surface area contributed by atoms with Gasteiger partial charge in [-0.25, -0.2) is 13.6 Å². The number of benzene rings is 2. The highest BCUT2D eigenvalue weighted by Gasteiger charge is 2.29. The predicted molar refractivity (Wildman–Crippen MR) is 115 cm³/mol. The summed E-state index contributed by atoms with van der Waals surface area (Å²) in [6.07, 6.45) is 1.08. The molecule has 1 N–H and O–H groups in total. The zero-order valence-electron chi connectivity index (χ0n) is 17.4. The fourth-order valence-electron chi connectivity index (χ4n) is 4.31. The van der Waals surface area contributed by atoms with E-state index in [-0.39, 0.29) is 17.7 Å². The lowest BCUT2D eigenvalue weighted by atomic mass is 10.1. The van der Waals surface area contributed by atoms with Crippen LogP contribution in [0.3, 0.4) is 0 Å². The molecule has 0 saturated carbocycles. The van der Waals surface area contributed by atoms with Crippen LogP contribution < -0.4 is 15.1 Å². The Balaban J connectivity index is 1.48. The largest absolute Gasteiger partial charge is 0.338 e. The van der Waals surface area contributed by atoms with Gasteiger partial charge in [0.05, 0.1) is 11.4 Å². The molecule has 0 unspecified atom stereocenters. The Hall–Kier alpha value is -2.67. The molecule has 0 aliphatic carbocycles. The molecule has 0 radical (unpaired) electrons. The first-order valence-electron chi connectivity index (χ1n) is 10.5. The zero-order chi connectivity index (χ0) is 21.3. The third-order valence-electron chi connectivity index (χ3n) is 6.04. The van der Waals surface area contributed by atoms with Gasteiger partial charge < -0.3 is 15.1 Å². The Morgan fingerprint density at radius 3 is 2.47 bits per heavy atom. The Bertz CT molecular complexity index is 903. The monoisotopic (exact) mass is 414 g/mol. The van der Waals surface area contributed by atoms with E-state index in [1.165, 1.54) is 24.3 Å².